The van der Waals surface area contributed by atoms with Gasteiger partial charge in [-0.15, -0.1) is 0 Å². The minimum Gasteiger partial charge on any atom is -0.396 e. The quantitative estimate of drug-likeness (QED) is 0.277. The number of carbonyl (C=O) groups is 1. The van der Waals surface area contributed by atoms with Crippen LogP contribution in [0.15, 0.2) is 31.0 Å². The van der Waals surface area contributed by atoms with E-state index in [1.165, 1.54) is 6.33 Å². The number of primary amides is 1. The summed E-state index contributed by atoms with van der Waals surface area (Å²) in [6.07, 6.45) is 7.06. The lowest BCUT2D eigenvalue weighted by Gasteiger charge is -2.44. The van der Waals surface area contributed by atoms with Gasteiger partial charge in [0, 0.05) is 18.8 Å². The van der Waals surface area contributed by atoms with E-state index in [9.17, 15) is 14.8 Å². The maximum Gasteiger partial charge on any atom is 0.324 e. The number of fused-ring (bicyclic) bond motifs is 1. The first kappa shape index (κ1) is 25.1. The summed E-state index contributed by atoms with van der Waals surface area (Å²) < 4.78 is 13.3. The highest BCUT2D eigenvalue weighted by atomic mass is 32.5. The SMILES string of the molecule is NC(=O)c1cc([C@@H]2C[C@H](CO)C2COP(O)(=S)OCC2CC(n3cnc4c(N)ncnc43)C2)ccn1. The lowest BCUT2D eigenvalue weighted by Crippen LogP contribution is -2.40. The van der Waals surface area contributed by atoms with Crippen molar-refractivity contribution in [1.29, 1.82) is 0 Å². The van der Waals surface area contributed by atoms with Gasteiger partial charge in [0.1, 0.15) is 17.5 Å². The summed E-state index contributed by atoms with van der Waals surface area (Å²) in [6, 6.07) is 3.69. The number of aromatic nitrogens is 5. The number of rotatable bonds is 10. The second kappa shape index (κ2) is 10.1. The Balaban J connectivity index is 1.13. The Labute approximate surface area is 212 Å². The first-order valence-corrected chi connectivity index (χ1v) is 14.3. The Morgan fingerprint density at radius 3 is 2.72 bits per heavy atom. The van der Waals surface area contributed by atoms with Crippen LogP contribution < -0.4 is 11.5 Å². The molecule has 0 bridgehead atoms. The maximum absolute atomic E-state index is 11.5. The molecule has 192 valence electrons. The second-order valence-corrected chi connectivity index (χ2v) is 12.3. The van der Waals surface area contributed by atoms with Crippen LogP contribution in [-0.2, 0) is 20.9 Å². The van der Waals surface area contributed by atoms with E-state index in [0.717, 1.165) is 24.8 Å². The Hall–Kier alpha value is -2.54. The largest absolute Gasteiger partial charge is 0.396 e. The summed E-state index contributed by atoms with van der Waals surface area (Å²) in [7, 11) is 0. The van der Waals surface area contributed by atoms with Crippen LogP contribution in [0.5, 0.6) is 0 Å². The highest BCUT2D eigenvalue weighted by molar-refractivity contribution is 8.07. The average molecular weight is 534 g/mol. The molecule has 36 heavy (non-hydrogen) atoms. The third kappa shape index (κ3) is 4.99. The number of pyridine rings is 1. The van der Waals surface area contributed by atoms with Crippen LogP contribution in [0.25, 0.3) is 11.2 Å². The van der Waals surface area contributed by atoms with Crippen molar-refractivity contribution in [2.24, 2.45) is 23.5 Å². The van der Waals surface area contributed by atoms with Crippen molar-refractivity contribution in [2.45, 2.75) is 31.2 Å². The fraction of sp³-hybridized carbons (Fsp3) is 0.500. The maximum atomic E-state index is 11.5. The number of nitrogens with two attached hydrogens (primary N) is 2. The summed E-state index contributed by atoms with van der Waals surface area (Å²) in [5.74, 6) is -0.0631. The van der Waals surface area contributed by atoms with Crippen LogP contribution in [-0.4, -0.2) is 60.2 Å². The average Bonchev–Trinajstić information content (AvgIpc) is 3.23. The van der Waals surface area contributed by atoms with Gasteiger partial charge in [0.2, 0.25) is 0 Å². The zero-order valence-electron chi connectivity index (χ0n) is 19.4. The third-order valence-corrected chi connectivity index (χ3v) is 8.86. The molecule has 0 saturated heterocycles. The highest BCUT2D eigenvalue weighted by Crippen LogP contribution is 2.52. The molecule has 12 nitrogen and oxygen atoms in total. The van der Waals surface area contributed by atoms with Crippen LogP contribution in [0.1, 0.15) is 47.3 Å². The van der Waals surface area contributed by atoms with Crippen molar-refractivity contribution >= 4 is 41.4 Å². The van der Waals surface area contributed by atoms with Gasteiger partial charge < -0.3 is 35.1 Å². The van der Waals surface area contributed by atoms with Gasteiger partial charge in [-0.3, -0.25) is 9.78 Å². The van der Waals surface area contributed by atoms with E-state index < -0.39 is 12.6 Å². The molecule has 5 rings (SSSR count). The molecule has 0 radical (unpaired) electrons. The van der Waals surface area contributed by atoms with E-state index in [1.54, 1.807) is 18.6 Å². The number of anilines is 1. The Kier molecular flexibility index (Phi) is 7.03. The van der Waals surface area contributed by atoms with Crippen molar-refractivity contribution in [3.05, 3.63) is 42.2 Å². The summed E-state index contributed by atoms with van der Waals surface area (Å²) in [6.45, 7) is -3.02. The molecule has 6 N–H and O–H groups in total. The van der Waals surface area contributed by atoms with Gasteiger partial charge in [-0.05, 0) is 72.4 Å². The molecule has 3 heterocycles. The van der Waals surface area contributed by atoms with Gasteiger partial charge in [0.15, 0.2) is 11.5 Å². The zero-order chi connectivity index (χ0) is 25.4. The topological polar surface area (TPSA) is 185 Å². The number of hydrogen-bond donors (Lipinski definition) is 4. The molecule has 2 aliphatic rings. The molecule has 4 atom stereocenters. The molecular weight excluding hydrogens is 505 g/mol. The van der Waals surface area contributed by atoms with E-state index in [0.29, 0.717) is 17.0 Å². The normalized spacial score (nSPS) is 27.2. The lowest BCUT2D eigenvalue weighted by atomic mass is 9.63. The highest BCUT2D eigenvalue weighted by Gasteiger charge is 2.42. The van der Waals surface area contributed by atoms with Gasteiger partial charge in [-0.25, -0.2) is 15.0 Å². The minimum absolute atomic E-state index is 0.00356. The van der Waals surface area contributed by atoms with Crippen molar-refractivity contribution in [3.63, 3.8) is 0 Å². The second-order valence-electron chi connectivity index (χ2n) is 9.42. The number of aliphatic hydroxyl groups is 1. The summed E-state index contributed by atoms with van der Waals surface area (Å²) in [5.41, 5.74) is 13.6. The molecule has 0 aromatic carbocycles. The molecule has 1 amide bonds. The van der Waals surface area contributed by atoms with Crippen LogP contribution in [0.4, 0.5) is 5.82 Å². The molecule has 2 saturated carbocycles. The Bertz CT molecular complexity index is 1320. The zero-order valence-corrected chi connectivity index (χ0v) is 21.1. The van der Waals surface area contributed by atoms with Crippen molar-refractivity contribution in [2.75, 3.05) is 25.6 Å². The molecule has 0 aliphatic heterocycles. The van der Waals surface area contributed by atoms with E-state index in [2.05, 4.69) is 19.9 Å². The standard InChI is InChI=1S/C22H28N7O5PS/c23-20-19-22(27-10-26-20)29(11-28-19)15-3-12(4-15)8-33-35(32,36)34-9-17-14(7-30)5-16(17)13-1-2-25-18(6-13)21(24)31/h1-2,6,10-12,14-17,30H,3-5,7-9H2,(H2,24,31)(H,32,36)(H2,23,26,27)/t12?,14-,15?,16+,17?,35?/m1/s1. The van der Waals surface area contributed by atoms with Crippen molar-refractivity contribution in [3.8, 4) is 0 Å². The molecule has 0 spiro atoms. The fourth-order valence-corrected chi connectivity index (χ4v) is 6.28. The molecular formula is C22H28N7O5PS. The lowest BCUT2D eigenvalue weighted by molar-refractivity contribution is 0.0202. The summed E-state index contributed by atoms with van der Waals surface area (Å²) in [4.78, 5) is 38.6. The third-order valence-electron chi connectivity index (χ3n) is 7.27. The van der Waals surface area contributed by atoms with Crippen molar-refractivity contribution in [1.82, 2.24) is 24.5 Å². The number of carbonyl (C=O) groups excluding carboxylic acids is 1. The molecule has 2 aliphatic carbocycles. The molecule has 3 aromatic heterocycles. The smallest absolute Gasteiger partial charge is 0.324 e. The summed E-state index contributed by atoms with van der Waals surface area (Å²) in [5, 5.41) is 9.72. The fourth-order valence-electron chi connectivity index (χ4n) is 5.08. The van der Waals surface area contributed by atoms with Gasteiger partial charge in [0.05, 0.1) is 19.5 Å². The predicted octanol–water partition coefficient (Wildman–Crippen LogP) is 1.52. The number of imidazole rings is 1. The first-order chi connectivity index (χ1) is 17.3. The van der Waals surface area contributed by atoms with Gasteiger partial charge in [0.25, 0.3) is 5.91 Å². The summed E-state index contributed by atoms with van der Waals surface area (Å²) >= 11 is 5.24. The van der Waals surface area contributed by atoms with E-state index in [4.69, 9.17) is 32.3 Å². The number of nitrogens with zero attached hydrogens (tertiary/aromatic N) is 5. The number of aliphatic hydroxyl groups excluding tert-OH is 1. The van der Waals surface area contributed by atoms with Crippen LogP contribution in [0.3, 0.4) is 0 Å². The van der Waals surface area contributed by atoms with E-state index in [1.807, 2.05) is 10.6 Å². The minimum atomic E-state index is -3.46. The van der Waals surface area contributed by atoms with Crippen LogP contribution in [0.2, 0.25) is 0 Å². The van der Waals surface area contributed by atoms with E-state index in [-0.39, 0.29) is 55.2 Å². The molecule has 14 heteroatoms. The van der Waals surface area contributed by atoms with E-state index >= 15 is 0 Å². The van der Waals surface area contributed by atoms with Crippen molar-refractivity contribution < 1.29 is 23.8 Å². The predicted molar refractivity (Wildman–Crippen MR) is 134 cm³/mol. The number of nitrogen functional groups attached to an aromatic ring is 1. The Morgan fingerprint density at radius 1 is 1.19 bits per heavy atom. The molecule has 2 fully saturated rings. The number of amides is 1. The van der Waals surface area contributed by atoms with Gasteiger partial charge >= 0.3 is 6.72 Å². The van der Waals surface area contributed by atoms with Gasteiger partial charge in [-0.1, -0.05) is 0 Å². The van der Waals surface area contributed by atoms with Gasteiger partial charge in [-0.2, -0.15) is 0 Å². The molecule has 2 unspecified atom stereocenters. The first-order valence-electron chi connectivity index (χ1n) is 11.7. The molecule has 3 aromatic rings. The Morgan fingerprint density at radius 2 is 1.97 bits per heavy atom. The van der Waals surface area contributed by atoms with Crippen LogP contribution in [0, 0.1) is 17.8 Å². The van der Waals surface area contributed by atoms with Crippen LogP contribution >= 0.6 is 6.72 Å². The monoisotopic (exact) mass is 533 g/mol. The number of hydrogen-bond acceptors (Lipinski definition) is 10.